The van der Waals surface area contributed by atoms with Crippen LogP contribution in [-0.4, -0.2) is 31.1 Å². The summed E-state index contributed by atoms with van der Waals surface area (Å²) in [4.78, 5) is 12.0. The maximum Gasteiger partial charge on any atom is 0.224 e. The molecule has 1 aromatic carbocycles. The Kier molecular flexibility index (Phi) is 6.25. The third-order valence-electron chi connectivity index (χ3n) is 3.98. The smallest absolute Gasteiger partial charge is 0.224 e. The predicted molar refractivity (Wildman–Crippen MR) is 89.1 cm³/mol. The second-order valence-corrected chi connectivity index (χ2v) is 6.45. The minimum Gasteiger partial charge on any atom is -0.491 e. The molecule has 2 rings (SSSR count). The molecule has 4 heteroatoms. The average molecular weight is 304 g/mol. The summed E-state index contributed by atoms with van der Waals surface area (Å²) in [5.74, 6) is 1.25. The van der Waals surface area contributed by atoms with E-state index in [4.69, 9.17) is 4.74 Å². The van der Waals surface area contributed by atoms with Gasteiger partial charge in [0.05, 0.1) is 12.0 Å². The number of carbonyl (C=O) groups is 1. The normalized spacial score (nSPS) is 19.2. The second kappa shape index (κ2) is 8.18. The van der Waals surface area contributed by atoms with Crippen molar-refractivity contribution in [2.45, 2.75) is 52.2 Å². The fourth-order valence-electron chi connectivity index (χ4n) is 2.70. The second-order valence-electron chi connectivity index (χ2n) is 6.45. The number of aryl methyl sites for hydroxylation is 1. The zero-order valence-electron chi connectivity index (χ0n) is 13.9. The molecule has 1 aliphatic heterocycles. The molecule has 1 aromatic rings. The van der Waals surface area contributed by atoms with Crippen molar-refractivity contribution in [3.8, 4) is 5.75 Å². The van der Waals surface area contributed by atoms with Gasteiger partial charge in [-0.3, -0.25) is 4.79 Å². The highest BCUT2D eigenvalue weighted by Gasteiger charge is 2.23. The highest BCUT2D eigenvalue weighted by molar-refractivity contribution is 5.79. The minimum atomic E-state index is 0.148. The van der Waals surface area contributed by atoms with Crippen LogP contribution in [0, 0.1) is 5.92 Å². The van der Waals surface area contributed by atoms with Crippen LogP contribution in [0.1, 0.15) is 39.2 Å². The van der Waals surface area contributed by atoms with Crippen molar-refractivity contribution in [1.82, 2.24) is 10.6 Å². The average Bonchev–Trinajstić information content (AvgIpc) is 3.00. The Hall–Kier alpha value is -1.55. The van der Waals surface area contributed by atoms with Gasteiger partial charge in [-0.2, -0.15) is 0 Å². The van der Waals surface area contributed by atoms with Crippen LogP contribution in [0.15, 0.2) is 24.3 Å². The van der Waals surface area contributed by atoms with Gasteiger partial charge >= 0.3 is 0 Å². The minimum absolute atomic E-state index is 0.148. The van der Waals surface area contributed by atoms with E-state index in [9.17, 15) is 4.79 Å². The Balaban J connectivity index is 1.73. The van der Waals surface area contributed by atoms with Gasteiger partial charge in [0.25, 0.3) is 0 Å². The first-order valence-corrected chi connectivity index (χ1v) is 8.31. The molecule has 0 aromatic heterocycles. The number of hydrogen-bond donors (Lipinski definition) is 2. The summed E-state index contributed by atoms with van der Waals surface area (Å²) in [5, 5.41) is 6.36. The first kappa shape index (κ1) is 16.8. The van der Waals surface area contributed by atoms with Crippen molar-refractivity contribution in [2.24, 2.45) is 5.92 Å². The number of ether oxygens (including phenoxy) is 1. The van der Waals surface area contributed by atoms with Crippen LogP contribution in [0.25, 0.3) is 0 Å². The summed E-state index contributed by atoms with van der Waals surface area (Å²) >= 11 is 0. The van der Waals surface area contributed by atoms with Gasteiger partial charge in [0.1, 0.15) is 5.75 Å². The molecular formula is C18H28N2O2. The summed E-state index contributed by atoms with van der Waals surface area (Å²) in [5.41, 5.74) is 1.28. The first-order valence-electron chi connectivity index (χ1n) is 8.31. The van der Waals surface area contributed by atoms with Crippen LogP contribution in [0.4, 0.5) is 0 Å². The molecule has 22 heavy (non-hydrogen) atoms. The number of rotatable bonds is 7. The molecule has 0 spiro atoms. The van der Waals surface area contributed by atoms with E-state index >= 15 is 0 Å². The third-order valence-corrected chi connectivity index (χ3v) is 3.98. The Morgan fingerprint density at radius 1 is 1.32 bits per heavy atom. The van der Waals surface area contributed by atoms with E-state index in [1.165, 1.54) is 5.56 Å². The van der Waals surface area contributed by atoms with Crippen molar-refractivity contribution in [2.75, 3.05) is 13.1 Å². The maximum atomic E-state index is 12.0. The van der Waals surface area contributed by atoms with Crippen molar-refractivity contribution in [1.29, 1.82) is 0 Å². The van der Waals surface area contributed by atoms with Crippen LogP contribution in [0.5, 0.6) is 5.75 Å². The summed E-state index contributed by atoms with van der Waals surface area (Å²) in [7, 11) is 0. The summed E-state index contributed by atoms with van der Waals surface area (Å²) in [6, 6.07) is 8.45. The quantitative estimate of drug-likeness (QED) is 0.814. The number of benzene rings is 1. The molecule has 0 radical (unpaired) electrons. The lowest BCUT2D eigenvalue weighted by molar-refractivity contribution is -0.125. The number of carbonyl (C=O) groups excluding carboxylic acids is 1. The maximum absolute atomic E-state index is 12.0. The Morgan fingerprint density at radius 2 is 2.05 bits per heavy atom. The van der Waals surface area contributed by atoms with E-state index in [1.807, 2.05) is 26.0 Å². The van der Waals surface area contributed by atoms with Gasteiger partial charge in [0.15, 0.2) is 0 Å². The lowest BCUT2D eigenvalue weighted by Crippen LogP contribution is -2.38. The van der Waals surface area contributed by atoms with Crippen LogP contribution in [0.3, 0.4) is 0 Å². The standard InChI is InChI=1S/C18H28N2O2/c1-13(2)22-17-8-6-15(7-9-17)5-4-14(3)20-18(21)16-10-11-19-12-16/h6-9,13-14,16,19H,4-5,10-12H2,1-3H3,(H,20,21). The molecule has 0 saturated carbocycles. The molecule has 1 aliphatic rings. The predicted octanol–water partition coefficient (Wildman–Crippen LogP) is 2.52. The molecule has 4 nitrogen and oxygen atoms in total. The molecule has 2 N–H and O–H groups in total. The van der Waals surface area contributed by atoms with Gasteiger partial charge in [-0.25, -0.2) is 0 Å². The summed E-state index contributed by atoms with van der Waals surface area (Å²) < 4.78 is 5.64. The van der Waals surface area contributed by atoms with Crippen LogP contribution in [-0.2, 0) is 11.2 Å². The lowest BCUT2D eigenvalue weighted by atomic mass is 10.0. The van der Waals surface area contributed by atoms with Crippen LogP contribution in [0.2, 0.25) is 0 Å². The van der Waals surface area contributed by atoms with Gasteiger partial charge in [-0.15, -0.1) is 0 Å². The van der Waals surface area contributed by atoms with Gasteiger partial charge in [0.2, 0.25) is 5.91 Å². The molecule has 2 atom stereocenters. The van der Waals surface area contributed by atoms with Crippen molar-refractivity contribution < 1.29 is 9.53 Å². The molecule has 1 heterocycles. The molecule has 0 aliphatic carbocycles. The third kappa shape index (κ3) is 5.34. The first-order chi connectivity index (χ1) is 10.5. The van der Waals surface area contributed by atoms with E-state index in [2.05, 4.69) is 29.7 Å². The van der Waals surface area contributed by atoms with E-state index < -0.39 is 0 Å². The molecule has 1 fully saturated rings. The Labute approximate surface area is 133 Å². The molecular weight excluding hydrogens is 276 g/mol. The van der Waals surface area contributed by atoms with E-state index in [1.54, 1.807) is 0 Å². The highest BCUT2D eigenvalue weighted by atomic mass is 16.5. The number of amides is 1. The summed E-state index contributed by atoms with van der Waals surface area (Å²) in [6.45, 7) is 7.90. The van der Waals surface area contributed by atoms with Crippen LogP contribution < -0.4 is 15.4 Å². The van der Waals surface area contributed by atoms with Gasteiger partial charge in [-0.1, -0.05) is 12.1 Å². The molecule has 1 saturated heterocycles. The summed E-state index contributed by atoms with van der Waals surface area (Å²) in [6.07, 6.45) is 3.07. The molecule has 2 unspecified atom stereocenters. The van der Waals surface area contributed by atoms with Crippen LogP contribution >= 0.6 is 0 Å². The number of hydrogen-bond acceptors (Lipinski definition) is 3. The largest absolute Gasteiger partial charge is 0.491 e. The molecule has 0 bridgehead atoms. The van der Waals surface area contributed by atoms with Crippen molar-refractivity contribution in [3.63, 3.8) is 0 Å². The lowest BCUT2D eigenvalue weighted by Gasteiger charge is -2.17. The van der Waals surface area contributed by atoms with Gasteiger partial charge < -0.3 is 15.4 Å². The fraction of sp³-hybridized carbons (Fsp3) is 0.611. The SMILES string of the molecule is CC(CCc1ccc(OC(C)C)cc1)NC(=O)C1CCNC1. The zero-order chi connectivity index (χ0) is 15.9. The fourth-order valence-corrected chi connectivity index (χ4v) is 2.70. The molecule has 122 valence electrons. The van der Waals surface area contributed by atoms with Crippen molar-refractivity contribution >= 4 is 5.91 Å². The van der Waals surface area contributed by atoms with Gasteiger partial charge in [0, 0.05) is 12.6 Å². The van der Waals surface area contributed by atoms with Gasteiger partial charge in [-0.05, 0) is 64.3 Å². The monoisotopic (exact) mass is 304 g/mol. The zero-order valence-corrected chi connectivity index (χ0v) is 13.9. The Morgan fingerprint density at radius 3 is 2.64 bits per heavy atom. The van der Waals surface area contributed by atoms with E-state index in [0.29, 0.717) is 0 Å². The van der Waals surface area contributed by atoms with Crippen molar-refractivity contribution in [3.05, 3.63) is 29.8 Å². The Bertz CT molecular complexity index is 464. The van der Waals surface area contributed by atoms with E-state index in [0.717, 1.165) is 38.1 Å². The topological polar surface area (TPSA) is 50.4 Å². The highest BCUT2D eigenvalue weighted by Crippen LogP contribution is 2.15. The molecule has 1 amide bonds. The van der Waals surface area contributed by atoms with E-state index in [-0.39, 0.29) is 24.0 Å². The number of nitrogens with one attached hydrogen (secondary N) is 2.